The average molecular weight is 514 g/mol. The summed E-state index contributed by atoms with van der Waals surface area (Å²) >= 11 is 0. The number of benzene rings is 2. The average Bonchev–Trinajstić information content (AvgIpc) is 2.89. The number of likely N-dealkylation sites (tertiary alicyclic amines) is 1. The van der Waals surface area contributed by atoms with Gasteiger partial charge >= 0.3 is 12.3 Å². The highest BCUT2D eigenvalue weighted by Gasteiger charge is 2.31. The predicted octanol–water partition coefficient (Wildman–Crippen LogP) is 4.83. The third-order valence-electron chi connectivity index (χ3n) is 6.08. The number of esters is 1. The fraction of sp³-hybridized carbons (Fsp3) is 0.296. The standard InChI is InChI=1S/C27H26F3N3O4/c1-36-26(35)24-8-4-5-20(31-24)17-33-15-13-19(14-16-33)32-25(34)23-7-3-2-6-22(23)18-9-11-21(12-10-18)37-27(28,29)30/h2-12,19H,13-17H2,1H3,(H,32,34). The van der Waals surface area contributed by atoms with Gasteiger partial charge in [-0.1, -0.05) is 36.4 Å². The SMILES string of the molecule is COC(=O)c1cccc(CN2CCC(NC(=O)c3ccccc3-c3ccc(OC(F)(F)F)cc3)CC2)n1. The maximum absolute atomic E-state index is 13.1. The first-order valence-electron chi connectivity index (χ1n) is 11.7. The largest absolute Gasteiger partial charge is 0.573 e. The van der Waals surface area contributed by atoms with Crippen molar-refractivity contribution in [2.45, 2.75) is 31.8 Å². The lowest BCUT2D eigenvalue weighted by molar-refractivity contribution is -0.274. The van der Waals surface area contributed by atoms with Crippen molar-refractivity contribution < 1.29 is 32.2 Å². The topological polar surface area (TPSA) is 80.8 Å². The molecule has 1 fully saturated rings. The van der Waals surface area contributed by atoms with Crippen LogP contribution in [0, 0.1) is 0 Å². The number of halogens is 3. The van der Waals surface area contributed by atoms with Gasteiger partial charge in [0.05, 0.1) is 12.8 Å². The molecule has 0 radical (unpaired) electrons. The van der Waals surface area contributed by atoms with Crippen molar-refractivity contribution in [3.05, 3.63) is 83.7 Å². The first-order valence-corrected chi connectivity index (χ1v) is 11.7. The Balaban J connectivity index is 1.35. The van der Waals surface area contributed by atoms with Crippen LogP contribution in [0.3, 0.4) is 0 Å². The van der Waals surface area contributed by atoms with E-state index in [9.17, 15) is 22.8 Å². The van der Waals surface area contributed by atoms with Gasteiger partial charge in [0.15, 0.2) is 0 Å². The first kappa shape index (κ1) is 26.2. The van der Waals surface area contributed by atoms with Gasteiger partial charge in [-0.05, 0) is 54.3 Å². The number of aromatic nitrogens is 1. The summed E-state index contributed by atoms with van der Waals surface area (Å²) in [5, 5.41) is 3.09. The van der Waals surface area contributed by atoms with E-state index >= 15 is 0 Å². The summed E-state index contributed by atoms with van der Waals surface area (Å²) in [5.74, 6) is -1.04. The summed E-state index contributed by atoms with van der Waals surface area (Å²) in [4.78, 5) is 31.4. The number of ether oxygens (including phenoxy) is 2. The van der Waals surface area contributed by atoms with Crippen molar-refractivity contribution in [3.8, 4) is 16.9 Å². The lowest BCUT2D eigenvalue weighted by atomic mass is 9.98. The van der Waals surface area contributed by atoms with Gasteiger partial charge in [0.1, 0.15) is 11.4 Å². The fourth-order valence-corrected chi connectivity index (χ4v) is 4.28. The Hall–Kier alpha value is -3.92. The number of carbonyl (C=O) groups excluding carboxylic acids is 2. The minimum absolute atomic E-state index is 0.0197. The van der Waals surface area contributed by atoms with E-state index in [0.29, 0.717) is 23.2 Å². The van der Waals surface area contributed by atoms with Crippen molar-refractivity contribution in [1.82, 2.24) is 15.2 Å². The number of pyridine rings is 1. The Morgan fingerprint density at radius 1 is 1.00 bits per heavy atom. The second-order valence-corrected chi connectivity index (χ2v) is 8.65. The summed E-state index contributed by atoms with van der Waals surface area (Å²) in [7, 11) is 1.32. The third kappa shape index (κ3) is 7.07. The van der Waals surface area contributed by atoms with Crippen LogP contribution in [-0.2, 0) is 11.3 Å². The molecule has 194 valence electrons. The Labute approximate surface area is 212 Å². The number of hydrogen-bond acceptors (Lipinski definition) is 6. The van der Waals surface area contributed by atoms with Crippen LogP contribution in [0.5, 0.6) is 5.75 Å². The highest BCUT2D eigenvalue weighted by Crippen LogP contribution is 2.28. The molecule has 2 heterocycles. The van der Waals surface area contributed by atoms with Gasteiger partial charge < -0.3 is 14.8 Å². The molecular formula is C27H26F3N3O4. The van der Waals surface area contributed by atoms with Gasteiger partial charge in [0, 0.05) is 31.2 Å². The molecule has 0 unspecified atom stereocenters. The Kier molecular flexibility index (Phi) is 8.08. The molecule has 37 heavy (non-hydrogen) atoms. The van der Waals surface area contributed by atoms with E-state index < -0.39 is 12.3 Å². The molecular weight excluding hydrogens is 487 g/mol. The van der Waals surface area contributed by atoms with E-state index in [1.807, 2.05) is 6.07 Å². The highest BCUT2D eigenvalue weighted by atomic mass is 19.4. The third-order valence-corrected chi connectivity index (χ3v) is 6.08. The fourth-order valence-electron chi connectivity index (χ4n) is 4.28. The number of rotatable bonds is 7. The number of piperidine rings is 1. The zero-order valence-corrected chi connectivity index (χ0v) is 20.1. The van der Waals surface area contributed by atoms with E-state index in [0.717, 1.165) is 31.6 Å². The Bertz CT molecular complexity index is 1240. The van der Waals surface area contributed by atoms with Crippen molar-refractivity contribution in [2.75, 3.05) is 20.2 Å². The van der Waals surface area contributed by atoms with Crippen LogP contribution in [0.1, 0.15) is 39.4 Å². The van der Waals surface area contributed by atoms with Crippen LogP contribution in [0.2, 0.25) is 0 Å². The molecule has 1 N–H and O–H groups in total. The maximum atomic E-state index is 13.1. The zero-order chi connectivity index (χ0) is 26.4. The van der Waals surface area contributed by atoms with Gasteiger partial charge in [-0.2, -0.15) is 0 Å². The predicted molar refractivity (Wildman–Crippen MR) is 130 cm³/mol. The summed E-state index contributed by atoms with van der Waals surface area (Å²) in [6.45, 7) is 2.08. The molecule has 7 nitrogen and oxygen atoms in total. The van der Waals surface area contributed by atoms with E-state index in [4.69, 9.17) is 4.74 Å². The molecule has 0 saturated carbocycles. The van der Waals surface area contributed by atoms with E-state index in [-0.39, 0.29) is 23.4 Å². The second-order valence-electron chi connectivity index (χ2n) is 8.65. The number of alkyl halides is 3. The number of hydrogen-bond donors (Lipinski definition) is 1. The summed E-state index contributed by atoms with van der Waals surface area (Å²) in [6.07, 6.45) is -3.28. The smallest absolute Gasteiger partial charge is 0.464 e. The normalized spacial score (nSPS) is 14.7. The molecule has 1 amide bonds. The molecule has 2 aromatic carbocycles. The summed E-state index contributed by atoms with van der Waals surface area (Å²) < 4.78 is 46.0. The molecule has 1 aliphatic rings. The second kappa shape index (κ2) is 11.4. The molecule has 3 aromatic rings. The minimum atomic E-state index is -4.77. The van der Waals surface area contributed by atoms with Crippen LogP contribution in [0.15, 0.2) is 66.7 Å². The monoisotopic (exact) mass is 513 g/mol. The van der Waals surface area contributed by atoms with E-state index in [2.05, 4.69) is 19.9 Å². The Morgan fingerprint density at radius 2 is 1.70 bits per heavy atom. The number of nitrogens with zero attached hydrogens (tertiary/aromatic N) is 2. The molecule has 0 atom stereocenters. The van der Waals surface area contributed by atoms with E-state index in [1.165, 1.54) is 31.4 Å². The van der Waals surface area contributed by atoms with Gasteiger partial charge in [-0.25, -0.2) is 9.78 Å². The number of amides is 1. The van der Waals surface area contributed by atoms with Gasteiger partial charge in [0.2, 0.25) is 0 Å². The molecule has 10 heteroatoms. The zero-order valence-electron chi connectivity index (χ0n) is 20.1. The quantitative estimate of drug-likeness (QED) is 0.456. The lowest BCUT2D eigenvalue weighted by Gasteiger charge is -2.32. The molecule has 4 rings (SSSR count). The highest BCUT2D eigenvalue weighted by molar-refractivity contribution is 6.01. The van der Waals surface area contributed by atoms with Crippen molar-refractivity contribution in [1.29, 1.82) is 0 Å². The van der Waals surface area contributed by atoms with Gasteiger partial charge in [-0.3, -0.25) is 9.69 Å². The van der Waals surface area contributed by atoms with Crippen molar-refractivity contribution >= 4 is 11.9 Å². The van der Waals surface area contributed by atoms with Crippen molar-refractivity contribution in [2.24, 2.45) is 0 Å². The molecule has 0 aliphatic carbocycles. The molecule has 1 aliphatic heterocycles. The van der Waals surface area contributed by atoms with Crippen LogP contribution in [0.25, 0.3) is 11.1 Å². The lowest BCUT2D eigenvalue weighted by Crippen LogP contribution is -2.44. The van der Waals surface area contributed by atoms with Crippen LogP contribution in [0.4, 0.5) is 13.2 Å². The van der Waals surface area contributed by atoms with Gasteiger partial charge in [0.25, 0.3) is 5.91 Å². The van der Waals surface area contributed by atoms with Crippen LogP contribution in [-0.4, -0.2) is 54.4 Å². The molecule has 0 spiro atoms. The van der Waals surface area contributed by atoms with Gasteiger partial charge in [-0.15, -0.1) is 13.2 Å². The molecule has 1 aromatic heterocycles. The Morgan fingerprint density at radius 3 is 2.38 bits per heavy atom. The van der Waals surface area contributed by atoms with Crippen LogP contribution < -0.4 is 10.1 Å². The minimum Gasteiger partial charge on any atom is -0.464 e. The molecule has 0 bridgehead atoms. The van der Waals surface area contributed by atoms with Crippen LogP contribution >= 0.6 is 0 Å². The summed E-state index contributed by atoms with van der Waals surface area (Å²) in [5.41, 5.74) is 2.71. The number of nitrogens with one attached hydrogen (secondary N) is 1. The summed E-state index contributed by atoms with van der Waals surface area (Å²) in [6, 6.07) is 17.6. The molecule has 1 saturated heterocycles. The van der Waals surface area contributed by atoms with E-state index in [1.54, 1.807) is 36.4 Å². The van der Waals surface area contributed by atoms with Crippen molar-refractivity contribution in [3.63, 3.8) is 0 Å². The first-order chi connectivity index (χ1) is 17.7. The number of methoxy groups -OCH3 is 1. The maximum Gasteiger partial charge on any atom is 0.573 e. The number of carbonyl (C=O) groups is 2.